The summed E-state index contributed by atoms with van der Waals surface area (Å²) < 4.78 is 2.01. The Hall–Kier alpha value is -0.480. The molecule has 0 spiro atoms. The van der Waals surface area contributed by atoms with Crippen LogP contribution in [0.4, 0.5) is 0 Å². The Balaban J connectivity index is 2.11. The standard InChI is InChI=1S/C14H25N3S/c1-6-15-13-11(7-8-14(13,3)4)18-12-9-10(2)16-17(12)5/h9,11,13,15H,6-8H2,1-5H3. The van der Waals surface area contributed by atoms with Gasteiger partial charge in [-0.15, -0.1) is 11.8 Å². The van der Waals surface area contributed by atoms with Crippen LogP contribution < -0.4 is 5.32 Å². The van der Waals surface area contributed by atoms with Crippen molar-refractivity contribution < 1.29 is 0 Å². The molecule has 0 aliphatic heterocycles. The van der Waals surface area contributed by atoms with Crippen molar-refractivity contribution in [3.05, 3.63) is 11.8 Å². The zero-order chi connectivity index (χ0) is 13.3. The van der Waals surface area contributed by atoms with E-state index < -0.39 is 0 Å². The van der Waals surface area contributed by atoms with Crippen molar-refractivity contribution in [1.82, 2.24) is 15.1 Å². The van der Waals surface area contributed by atoms with Gasteiger partial charge in [-0.3, -0.25) is 4.68 Å². The Morgan fingerprint density at radius 3 is 2.83 bits per heavy atom. The Morgan fingerprint density at radius 2 is 2.28 bits per heavy atom. The van der Waals surface area contributed by atoms with Crippen LogP contribution in [0.25, 0.3) is 0 Å². The number of aromatic nitrogens is 2. The monoisotopic (exact) mass is 267 g/mol. The van der Waals surface area contributed by atoms with Crippen molar-refractivity contribution in [2.75, 3.05) is 6.54 Å². The molecule has 1 heterocycles. The predicted octanol–water partition coefficient (Wildman–Crippen LogP) is 2.99. The van der Waals surface area contributed by atoms with E-state index in [-0.39, 0.29) is 0 Å². The summed E-state index contributed by atoms with van der Waals surface area (Å²) in [7, 11) is 2.04. The molecular weight excluding hydrogens is 242 g/mol. The molecule has 1 aromatic rings. The number of rotatable bonds is 4. The second-order valence-electron chi connectivity index (χ2n) is 5.97. The summed E-state index contributed by atoms with van der Waals surface area (Å²) in [4.78, 5) is 0. The molecule has 0 aromatic carbocycles. The lowest BCUT2D eigenvalue weighted by atomic mass is 9.87. The highest BCUT2D eigenvalue weighted by atomic mass is 32.2. The van der Waals surface area contributed by atoms with E-state index in [4.69, 9.17) is 0 Å². The lowest BCUT2D eigenvalue weighted by molar-refractivity contribution is 0.290. The third-order valence-corrected chi connectivity index (χ3v) is 5.38. The molecular formula is C14H25N3S. The molecule has 3 nitrogen and oxygen atoms in total. The van der Waals surface area contributed by atoms with Crippen LogP contribution in [0.15, 0.2) is 11.1 Å². The maximum atomic E-state index is 4.44. The maximum Gasteiger partial charge on any atom is 0.0942 e. The highest BCUT2D eigenvalue weighted by Crippen LogP contribution is 2.44. The summed E-state index contributed by atoms with van der Waals surface area (Å²) in [6.45, 7) is 10.1. The van der Waals surface area contributed by atoms with Crippen LogP contribution in [0, 0.1) is 12.3 Å². The van der Waals surface area contributed by atoms with E-state index in [2.05, 4.69) is 44.2 Å². The SMILES string of the molecule is CCNC1C(Sc2cc(C)nn2C)CCC1(C)C. The van der Waals surface area contributed by atoms with Crippen LogP contribution in [-0.4, -0.2) is 27.6 Å². The number of nitrogens with zero attached hydrogens (tertiary/aromatic N) is 2. The molecule has 0 radical (unpaired) electrons. The minimum absolute atomic E-state index is 0.404. The topological polar surface area (TPSA) is 29.9 Å². The first-order chi connectivity index (χ1) is 8.44. The third-order valence-electron chi connectivity index (χ3n) is 3.94. The Kier molecular flexibility index (Phi) is 4.07. The Morgan fingerprint density at radius 1 is 1.56 bits per heavy atom. The first kappa shape index (κ1) is 13.9. The third kappa shape index (κ3) is 2.75. The molecule has 102 valence electrons. The molecule has 0 bridgehead atoms. The maximum absolute atomic E-state index is 4.44. The van der Waals surface area contributed by atoms with Crippen molar-refractivity contribution in [3.63, 3.8) is 0 Å². The van der Waals surface area contributed by atoms with Gasteiger partial charge in [0.05, 0.1) is 10.7 Å². The Bertz CT molecular complexity index is 411. The molecule has 0 amide bonds. The Labute approximate surface area is 115 Å². The number of hydrogen-bond acceptors (Lipinski definition) is 3. The van der Waals surface area contributed by atoms with Crippen LogP contribution in [0.2, 0.25) is 0 Å². The summed E-state index contributed by atoms with van der Waals surface area (Å²) >= 11 is 1.99. The van der Waals surface area contributed by atoms with Gasteiger partial charge >= 0.3 is 0 Å². The van der Waals surface area contributed by atoms with Crippen LogP contribution in [0.3, 0.4) is 0 Å². The van der Waals surface area contributed by atoms with Crippen molar-refractivity contribution in [2.24, 2.45) is 12.5 Å². The van der Waals surface area contributed by atoms with Crippen LogP contribution in [-0.2, 0) is 7.05 Å². The van der Waals surface area contributed by atoms with Crippen molar-refractivity contribution >= 4 is 11.8 Å². The van der Waals surface area contributed by atoms with Gasteiger partial charge in [-0.25, -0.2) is 0 Å². The zero-order valence-electron chi connectivity index (χ0n) is 12.2. The van der Waals surface area contributed by atoms with Crippen LogP contribution in [0.5, 0.6) is 0 Å². The molecule has 1 aliphatic carbocycles. The van der Waals surface area contributed by atoms with Gasteiger partial charge in [0.2, 0.25) is 0 Å². The fraction of sp³-hybridized carbons (Fsp3) is 0.786. The van der Waals surface area contributed by atoms with E-state index in [0.29, 0.717) is 16.7 Å². The second-order valence-corrected chi connectivity index (χ2v) is 7.23. The van der Waals surface area contributed by atoms with E-state index in [1.54, 1.807) is 0 Å². The van der Waals surface area contributed by atoms with Gasteiger partial charge in [-0.1, -0.05) is 20.8 Å². The molecule has 1 saturated carbocycles. The van der Waals surface area contributed by atoms with Gasteiger partial charge in [0.15, 0.2) is 0 Å². The molecule has 18 heavy (non-hydrogen) atoms. The van der Waals surface area contributed by atoms with Crippen LogP contribution >= 0.6 is 11.8 Å². The summed E-state index contributed by atoms with van der Waals surface area (Å²) in [6, 6.07) is 2.79. The molecule has 1 fully saturated rings. The van der Waals surface area contributed by atoms with Gasteiger partial charge in [-0.05, 0) is 37.8 Å². The molecule has 2 unspecified atom stereocenters. The smallest absolute Gasteiger partial charge is 0.0942 e. The minimum Gasteiger partial charge on any atom is -0.313 e. The van der Waals surface area contributed by atoms with Gasteiger partial charge in [0, 0.05) is 18.3 Å². The van der Waals surface area contributed by atoms with E-state index in [0.717, 1.165) is 12.2 Å². The lowest BCUT2D eigenvalue weighted by Crippen LogP contribution is -2.43. The van der Waals surface area contributed by atoms with Gasteiger partial charge < -0.3 is 5.32 Å². The summed E-state index contributed by atoms with van der Waals surface area (Å²) in [5.74, 6) is 0. The quantitative estimate of drug-likeness (QED) is 0.909. The fourth-order valence-corrected chi connectivity index (χ4v) is 4.53. The first-order valence-corrected chi connectivity index (χ1v) is 7.72. The zero-order valence-corrected chi connectivity index (χ0v) is 13.0. The van der Waals surface area contributed by atoms with E-state index in [1.165, 1.54) is 17.9 Å². The summed E-state index contributed by atoms with van der Waals surface area (Å²) in [6.07, 6.45) is 2.60. The highest BCUT2D eigenvalue weighted by Gasteiger charge is 2.42. The molecule has 2 rings (SSSR count). The molecule has 0 saturated heterocycles. The van der Waals surface area contributed by atoms with E-state index in [9.17, 15) is 0 Å². The number of hydrogen-bond donors (Lipinski definition) is 1. The molecule has 1 aliphatic rings. The molecule has 4 heteroatoms. The van der Waals surface area contributed by atoms with Crippen molar-refractivity contribution in [2.45, 2.75) is 56.9 Å². The largest absolute Gasteiger partial charge is 0.313 e. The van der Waals surface area contributed by atoms with Crippen LogP contribution in [0.1, 0.15) is 39.3 Å². The number of thioether (sulfide) groups is 1. The number of aryl methyl sites for hydroxylation is 2. The van der Waals surface area contributed by atoms with Crippen molar-refractivity contribution in [1.29, 1.82) is 0 Å². The second kappa shape index (κ2) is 5.25. The normalized spacial score (nSPS) is 26.7. The average molecular weight is 267 g/mol. The lowest BCUT2D eigenvalue weighted by Gasteiger charge is -2.31. The molecule has 1 aromatic heterocycles. The van der Waals surface area contributed by atoms with Gasteiger partial charge in [0.1, 0.15) is 0 Å². The summed E-state index contributed by atoms with van der Waals surface area (Å²) in [5.41, 5.74) is 1.51. The molecule has 2 atom stereocenters. The highest BCUT2D eigenvalue weighted by molar-refractivity contribution is 8.00. The van der Waals surface area contributed by atoms with Gasteiger partial charge in [-0.2, -0.15) is 5.10 Å². The van der Waals surface area contributed by atoms with E-state index in [1.807, 2.05) is 23.5 Å². The summed E-state index contributed by atoms with van der Waals surface area (Å²) in [5, 5.41) is 10.1. The van der Waals surface area contributed by atoms with Crippen molar-refractivity contribution in [3.8, 4) is 0 Å². The van der Waals surface area contributed by atoms with E-state index >= 15 is 0 Å². The fourth-order valence-electron chi connectivity index (χ4n) is 2.95. The van der Waals surface area contributed by atoms with Gasteiger partial charge in [0.25, 0.3) is 0 Å². The predicted molar refractivity (Wildman–Crippen MR) is 78.1 cm³/mol. The number of nitrogens with one attached hydrogen (secondary N) is 1. The first-order valence-electron chi connectivity index (χ1n) is 6.84. The molecule has 1 N–H and O–H groups in total. The average Bonchev–Trinajstić information content (AvgIpc) is 2.73. The minimum atomic E-state index is 0.404.